The highest BCUT2D eigenvalue weighted by Crippen LogP contribution is 2.30. The number of H-pyrrole nitrogens is 1. The van der Waals surface area contributed by atoms with Crippen LogP contribution in [-0.4, -0.2) is 22.6 Å². The number of nitrogens with two attached hydrogens (primary N) is 1. The first-order chi connectivity index (χ1) is 8.76. The predicted molar refractivity (Wildman–Crippen MR) is 71.1 cm³/mol. The zero-order valence-corrected chi connectivity index (χ0v) is 10.9. The summed E-state index contributed by atoms with van der Waals surface area (Å²) >= 11 is 0. The number of nitrogens with one attached hydrogen (secondary N) is 2. The van der Waals surface area contributed by atoms with Gasteiger partial charge < -0.3 is 11.1 Å². The van der Waals surface area contributed by atoms with Crippen LogP contribution in [0.2, 0.25) is 0 Å². The topological polar surface area (TPSA) is 83.8 Å². The van der Waals surface area contributed by atoms with Crippen LogP contribution in [0.25, 0.3) is 0 Å². The Labute approximate surface area is 108 Å². The van der Waals surface area contributed by atoms with Gasteiger partial charge in [0.1, 0.15) is 5.82 Å². The van der Waals surface area contributed by atoms with Gasteiger partial charge in [-0.1, -0.05) is 19.8 Å². The summed E-state index contributed by atoms with van der Waals surface area (Å²) in [6, 6.07) is 0. The maximum atomic E-state index is 12.3. The third-order valence-electron chi connectivity index (χ3n) is 3.90. The van der Waals surface area contributed by atoms with Crippen molar-refractivity contribution in [2.75, 3.05) is 11.9 Å². The molecule has 2 unspecified atom stereocenters. The van der Waals surface area contributed by atoms with Crippen molar-refractivity contribution in [1.82, 2.24) is 10.2 Å². The van der Waals surface area contributed by atoms with Gasteiger partial charge in [0.25, 0.3) is 0 Å². The highest BCUT2D eigenvalue weighted by molar-refractivity contribution is 5.92. The Morgan fingerprint density at radius 2 is 2.33 bits per heavy atom. The minimum atomic E-state index is 0.0526. The lowest BCUT2D eigenvalue weighted by molar-refractivity contribution is -0.122. The number of rotatable bonds is 4. The summed E-state index contributed by atoms with van der Waals surface area (Å²) in [7, 11) is 0. The molecule has 4 N–H and O–H groups in total. The van der Waals surface area contributed by atoms with Crippen LogP contribution in [0.15, 0.2) is 6.20 Å². The van der Waals surface area contributed by atoms with Gasteiger partial charge in [0.2, 0.25) is 5.91 Å². The van der Waals surface area contributed by atoms with Gasteiger partial charge in [-0.25, -0.2) is 0 Å². The fraction of sp³-hybridized carbons (Fsp3) is 0.692. The maximum absolute atomic E-state index is 12.3. The number of carbonyl (C=O) groups excluding carboxylic acids is 1. The van der Waals surface area contributed by atoms with E-state index in [1.54, 1.807) is 6.20 Å². The van der Waals surface area contributed by atoms with Crippen LogP contribution < -0.4 is 11.1 Å². The average Bonchev–Trinajstić information content (AvgIpc) is 2.85. The second-order valence-corrected chi connectivity index (χ2v) is 5.00. The van der Waals surface area contributed by atoms with Crippen molar-refractivity contribution in [2.45, 2.75) is 39.0 Å². The molecule has 0 spiro atoms. The molecule has 1 aromatic heterocycles. The molecule has 1 amide bonds. The lowest BCUT2D eigenvalue weighted by atomic mass is 9.79. The SMILES string of the molecule is CCc1cn[nH]c1NC(=O)C1CCCCC1CN. The third-order valence-corrected chi connectivity index (χ3v) is 3.90. The Hall–Kier alpha value is -1.36. The van der Waals surface area contributed by atoms with Gasteiger partial charge in [-0.05, 0) is 31.7 Å². The van der Waals surface area contributed by atoms with Crippen LogP contribution in [0.1, 0.15) is 38.2 Å². The molecule has 1 aromatic rings. The molecule has 1 aliphatic carbocycles. The second kappa shape index (κ2) is 6.00. The summed E-state index contributed by atoms with van der Waals surface area (Å²) < 4.78 is 0. The van der Waals surface area contributed by atoms with E-state index < -0.39 is 0 Å². The summed E-state index contributed by atoms with van der Waals surface area (Å²) in [5.74, 6) is 1.21. The van der Waals surface area contributed by atoms with Crippen LogP contribution in [0.5, 0.6) is 0 Å². The van der Waals surface area contributed by atoms with E-state index in [0.717, 1.165) is 37.1 Å². The van der Waals surface area contributed by atoms with Gasteiger partial charge in [-0.2, -0.15) is 5.10 Å². The van der Waals surface area contributed by atoms with E-state index in [1.165, 1.54) is 6.42 Å². The van der Waals surface area contributed by atoms with Gasteiger partial charge in [-0.15, -0.1) is 0 Å². The number of carbonyl (C=O) groups is 1. The number of aryl methyl sites for hydroxylation is 1. The lowest BCUT2D eigenvalue weighted by Gasteiger charge is -2.29. The zero-order chi connectivity index (χ0) is 13.0. The van der Waals surface area contributed by atoms with E-state index in [9.17, 15) is 4.79 Å². The molecule has 1 aliphatic rings. The van der Waals surface area contributed by atoms with Gasteiger partial charge in [0.15, 0.2) is 0 Å². The number of aromatic amines is 1. The number of amides is 1. The third kappa shape index (κ3) is 2.72. The van der Waals surface area contributed by atoms with Gasteiger partial charge in [-0.3, -0.25) is 9.89 Å². The second-order valence-electron chi connectivity index (χ2n) is 5.00. The fourth-order valence-corrected chi connectivity index (χ4v) is 2.74. The van der Waals surface area contributed by atoms with Crippen LogP contribution in [0, 0.1) is 11.8 Å². The Bertz CT molecular complexity index is 401. The molecular formula is C13H22N4O. The molecule has 1 saturated carbocycles. The summed E-state index contributed by atoms with van der Waals surface area (Å²) in [6.07, 6.45) is 6.95. The molecule has 0 bridgehead atoms. The summed E-state index contributed by atoms with van der Waals surface area (Å²) in [6.45, 7) is 2.64. The Kier molecular flexibility index (Phi) is 4.36. The number of hydrogen-bond donors (Lipinski definition) is 3. The number of hydrogen-bond acceptors (Lipinski definition) is 3. The normalized spacial score (nSPS) is 23.9. The summed E-state index contributed by atoms with van der Waals surface area (Å²) in [5.41, 5.74) is 6.81. The first kappa shape index (κ1) is 13.1. The highest BCUT2D eigenvalue weighted by atomic mass is 16.2. The van der Waals surface area contributed by atoms with Crippen molar-refractivity contribution in [3.8, 4) is 0 Å². The summed E-state index contributed by atoms with van der Waals surface area (Å²) in [4.78, 5) is 12.3. The molecule has 0 aromatic carbocycles. The molecule has 0 radical (unpaired) electrons. The largest absolute Gasteiger partial charge is 0.330 e. The van der Waals surface area contributed by atoms with E-state index in [1.807, 2.05) is 6.92 Å². The van der Waals surface area contributed by atoms with Gasteiger partial charge in [0.05, 0.1) is 6.20 Å². The van der Waals surface area contributed by atoms with E-state index in [-0.39, 0.29) is 11.8 Å². The maximum Gasteiger partial charge on any atom is 0.228 e. The Morgan fingerprint density at radius 1 is 1.56 bits per heavy atom. The monoisotopic (exact) mass is 250 g/mol. The fourth-order valence-electron chi connectivity index (χ4n) is 2.74. The first-order valence-corrected chi connectivity index (χ1v) is 6.79. The van der Waals surface area contributed by atoms with E-state index >= 15 is 0 Å². The Morgan fingerprint density at radius 3 is 3.06 bits per heavy atom. The molecule has 0 aliphatic heterocycles. The Balaban J connectivity index is 2.02. The zero-order valence-electron chi connectivity index (χ0n) is 10.9. The minimum Gasteiger partial charge on any atom is -0.330 e. The van der Waals surface area contributed by atoms with Crippen molar-refractivity contribution in [1.29, 1.82) is 0 Å². The number of aromatic nitrogens is 2. The van der Waals surface area contributed by atoms with Crippen LogP contribution in [-0.2, 0) is 11.2 Å². The molecule has 1 heterocycles. The molecule has 5 nitrogen and oxygen atoms in total. The van der Waals surface area contributed by atoms with Crippen molar-refractivity contribution >= 4 is 11.7 Å². The van der Waals surface area contributed by atoms with Crippen molar-refractivity contribution in [3.05, 3.63) is 11.8 Å². The van der Waals surface area contributed by atoms with Crippen LogP contribution >= 0.6 is 0 Å². The van der Waals surface area contributed by atoms with Crippen molar-refractivity contribution in [2.24, 2.45) is 17.6 Å². The standard InChI is InChI=1S/C13H22N4O/c1-2-9-8-15-17-12(9)16-13(18)11-6-4-3-5-10(11)7-14/h8,10-11H,2-7,14H2,1H3,(H2,15,16,17,18). The van der Waals surface area contributed by atoms with E-state index in [0.29, 0.717) is 12.5 Å². The van der Waals surface area contributed by atoms with Crippen molar-refractivity contribution in [3.63, 3.8) is 0 Å². The molecular weight excluding hydrogens is 228 g/mol. The molecule has 100 valence electrons. The van der Waals surface area contributed by atoms with Gasteiger partial charge in [0, 0.05) is 11.5 Å². The molecule has 2 atom stereocenters. The van der Waals surface area contributed by atoms with Crippen LogP contribution in [0.3, 0.4) is 0 Å². The molecule has 18 heavy (non-hydrogen) atoms. The minimum absolute atomic E-state index is 0.0526. The number of anilines is 1. The van der Waals surface area contributed by atoms with Crippen molar-refractivity contribution < 1.29 is 4.79 Å². The van der Waals surface area contributed by atoms with E-state index in [4.69, 9.17) is 5.73 Å². The van der Waals surface area contributed by atoms with Crippen LogP contribution in [0.4, 0.5) is 5.82 Å². The van der Waals surface area contributed by atoms with Gasteiger partial charge >= 0.3 is 0 Å². The molecule has 5 heteroatoms. The molecule has 1 fully saturated rings. The first-order valence-electron chi connectivity index (χ1n) is 6.79. The molecule has 2 rings (SSSR count). The molecule has 0 saturated heterocycles. The lowest BCUT2D eigenvalue weighted by Crippen LogP contribution is -2.35. The van der Waals surface area contributed by atoms with E-state index in [2.05, 4.69) is 15.5 Å². The smallest absolute Gasteiger partial charge is 0.228 e. The summed E-state index contributed by atoms with van der Waals surface area (Å²) in [5, 5.41) is 9.78. The highest BCUT2D eigenvalue weighted by Gasteiger charge is 2.30. The number of nitrogens with zero attached hydrogens (tertiary/aromatic N) is 1. The average molecular weight is 250 g/mol. The predicted octanol–water partition coefficient (Wildman–Crippen LogP) is 1.68. The quantitative estimate of drug-likeness (QED) is 0.760.